The Morgan fingerprint density at radius 2 is 2.12 bits per heavy atom. The molecule has 1 aromatic rings. The first-order valence-corrected chi connectivity index (χ1v) is 4.70. The number of nitrogen functional groups attached to an aromatic ring is 1. The third kappa shape index (κ3) is 4.42. The summed E-state index contributed by atoms with van der Waals surface area (Å²) in [4.78, 5) is 14.2. The number of aliphatic carboxylic acids is 1. The summed E-state index contributed by atoms with van der Waals surface area (Å²) in [6.07, 6.45) is 3.84. The molecule has 1 aromatic heterocycles. The van der Waals surface area contributed by atoms with E-state index in [1.54, 1.807) is 19.9 Å². The quantitative estimate of drug-likeness (QED) is 0.713. The van der Waals surface area contributed by atoms with Crippen LogP contribution in [0.1, 0.15) is 25.0 Å². The van der Waals surface area contributed by atoms with Crippen molar-refractivity contribution in [2.24, 2.45) is 0 Å². The Morgan fingerprint density at radius 3 is 2.59 bits per heavy atom. The van der Waals surface area contributed by atoms with Gasteiger partial charge in [-0.1, -0.05) is 0 Å². The van der Waals surface area contributed by atoms with E-state index < -0.39 is 11.6 Å². The van der Waals surface area contributed by atoms with Crippen LogP contribution in [0.25, 0.3) is 6.08 Å². The Labute approximate surface area is 105 Å². The summed E-state index contributed by atoms with van der Waals surface area (Å²) in [5.74, 6) is -0.804. The largest absolute Gasteiger partial charge is 0.478 e. The molecule has 0 spiro atoms. The maximum absolute atomic E-state index is 10.3. The van der Waals surface area contributed by atoms with Gasteiger partial charge in [-0.2, -0.15) is 0 Å². The van der Waals surface area contributed by atoms with Gasteiger partial charge in [0.2, 0.25) is 0 Å². The van der Waals surface area contributed by atoms with Crippen molar-refractivity contribution in [1.29, 1.82) is 0 Å². The van der Waals surface area contributed by atoms with Crippen LogP contribution in [0.4, 0.5) is 5.82 Å². The maximum atomic E-state index is 10.3. The number of nitrogens with two attached hydrogens (primary N) is 1. The van der Waals surface area contributed by atoms with Crippen molar-refractivity contribution in [2.45, 2.75) is 19.4 Å². The van der Waals surface area contributed by atoms with Crippen LogP contribution in [0.5, 0.6) is 0 Å². The molecule has 0 saturated carbocycles. The van der Waals surface area contributed by atoms with Crippen LogP contribution in [0.15, 0.2) is 18.3 Å². The minimum Gasteiger partial charge on any atom is -0.478 e. The van der Waals surface area contributed by atoms with Crippen LogP contribution >= 0.6 is 12.4 Å². The minimum absolute atomic E-state index is 0. The molecule has 1 rings (SSSR count). The Kier molecular flexibility index (Phi) is 5.12. The molecule has 0 bridgehead atoms. The number of anilines is 1. The number of carboxylic acids is 1. The fraction of sp³-hybridized carbons (Fsp3) is 0.273. The van der Waals surface area contributed by atoms with Gasteiger partial charge in [0.1, 0.15) is 5.82 Å². The second kappa shape index (κ2) is 5.65. The molecule has 0 unspecified atom stereocenters. The summed E-state index contributed by atoms with van der Waals surface area (Å²) in [6.45, 7) is 3.18. The molecule has 4 N–H and O–H groups in total. The number of hydrogen-bond acceptors (Lipinski definition) is 4. The van der Waals surface area contributed by atoms with E-state index in [1.165, 1.54) is 12.3 Å². The van der Waals surface area contributed by atoms with Crippen molar-refractivity contribution in [3.63, 3.8) is 0 Å². The second-order valence-corrected chi connectivity index (χ2v) is 3.93. The molecule has 0 aromatic carbocycles. The Morgan fingerprint density at radius 1 is 1.53 bits per heavy atom. The van der Waals surface area contributed by atoms with Gasteiger partial charge in [-0.3, -0.25) is 0 Å². The third-order valence-electron chi connectivity index (χ3n) is 2.02. The van der Waals surface area contributed by atoms with Gasteiger partial charge in [-0.15, -0.1) is 12.4 Å². The first kappa shape index (κ1) is 15.4. The van der Waals surface area contributed by atoms with E-state index in [-0.39, 0.29) is 18.2 Å². The highest BCUT2D eigenvalue weighted by Gasteiger charge is 2.19. The molecule has 0 atom stereocenters. The lowest BCUT2D eigenvalue weighted by atomic mass is 9.97. The number of hydrogen-bond donors (Lipinski definition) is 3. The number of carbonyl (C=O) groups is 1. The van der Waals surface area contributed by atoms with E-state index in [2.05, 4.69) is 4.98 Å². The lowest BCUT2D eigenvalue weighted by Crippen LogP contribution is -2.18. The summed E-state index contributed by atoms with van der Waals surface area (Å²) in [7, 11) is 0. The zero-order chi connectivity index (χ0) is 12.3. The van der Waals surface area contributed by atoms with Gasteiger partial charge in [0, 0.05) is 17.8 Å². The lowest BCUT2D eigenvalue weighted by Gasteiger charge is -2.19. The minimum atomic E-state index is -1.11. The molecule has 94 valence electrons. The van der Waals surface area contributed by atoms with Crippen LogP contribution in [-0.2, 0) is 10.4 Å². The first-order valence-electron chi connectivity index (χ1n) is 4.70. The smallest absolute Gasteiger partial charge is 0.328 e. The average molecular weight is 259 g/mol. The number of rotatable bonds is 3. The van der Waals surface area contributed by atoms with Crippen LogP contribution in [0, 0.1) is 0 Å². The van der Waals surface area contributed by atoms with Crippen LogP contribution in [-0.4, -0.2) is 21.2 Å². The SMILES string of the molecule is CC(C)(O)c1cc(/C=C/C(=O)O)cnc1N.Cl. The molecule has 0 aliphatic carbocycles. The summed E-state index contributed by atoms with van der Waals surface area (Å²) in [5.41, 5.74) is 5.56. The molecule has 17 heavy (non-hydrogen) atoms. The number of carboxylic acid groups (broad SMARTS) is 1. The van der Waals surface area contributed by atoms with Gasteiger partial charge in [0.15, 0.2) is 0 Å². The summed E-state index contributed by atoms with van der Waals surface area (Å²) in [5, 5.41) is 18.3. The Hall–Kier alpha value is -1.59. The van der Waals surface area contributed by atoms with Crippen molar-refractivity contribution in [3.05, 3.63) is 29.5 Å². The van der Waals surface area contributed by atoms with Gasteiger partial charge in [0.05, 0.1) is 5.60 Å². The molecule has 5 nitrogen and oxygen atoms in total. The Bertz CT molecular complexity index is 439. The van der Waals surface area contributed by atoms with E-state index >= 15 is 0 Å². The van der Waals surface area contributed by atoms with Crippen molar-refractivity contribution in [1.82, 2.24) is 4.98 Å². The topological polar surface area (TPSA) is 96.4 Å². The molecule has 0 saturated heterocycles. The normalized spacial score (nSPS) is 11.2. The zero-order valence-corrected chi connectivity index (χ0v) is 10.4. The van der Waals surface area contributed by atoms with Crippen molar-refractivity contribution < 1.29 is 15.0 Å². The van der Waals surface area contributed by atoms with Crippen LogP contribution < -0.4 is 5.73 Å². The van der Waals surface area contributed by atoms with E-state index in [1.807, 2.05) is 0 Å². The van der Waals surface area contributed by atoms with Crippen molar-refractivity contribution in [3.8, 4) is 0 Å². The van der Waals surface area contributed by atoms with E-state index in [0.717, 1.165) is 6.08 Å². The summed E-state index contributed by atoms with van der Waals surface area (Å²) < 4.78 is 0. The van der Waals surface area contributed by atoms with Crippen molar-refractivity contribution >= 4 is 30.3 Å². The maximum Gasteiger partial charge on any atom is 0.328 e. The molecule has 0 aliphatic heterocycles. The van der Waals surface area contributed by atoms with Gasteiger partial charge in [-0.05, 0) is 31.6 Å². The molecular weight excluding hydrogens is 244 g/mol. The van der Waals surface area contributed by atoms with Gasteiger partial charge < -0.3 is 15.9 Å². The van der Waals surface area contributed by atoms with Gasteiger partial charge >= 0.3 is 5.97 Å². The third-order valence-corrected chi connectivity index (χ3v) is 2.02. The predicted molar refractivity (Wildman–Crippen MR) is 67.8 cm³/mol. The number of nitrogens with zero attached hydrogens (tertiary/aromatic N) is 1. The molecule has 0 aliphatic rings. The molecule has 0 fully saturated rings. The standard InChI is InChI=1S/C11H14N2O3.ClH/c1-11(2,16)8-5-7(3-4-9(14)15)6-13-10(8)12;/h3-6,16H,1-2H3,(H2,12,13)(H,14,15);1H/b4-3+;. The fourth-order valence-corrected chi connectivity index (χ4v) is 1.24. The van der Waals surface area contributed by atoms with Crippen LogP contribution in [0.3, 0.4) is 0 Å². The van der Waals surface area contributed by atoms with E-state index in [4.69, 9.17) is 10.8 Å². The number of aromatic nitrogens is 1. The highest BCUT2D eigenvalue weighted by molar-refractivity contribution is 5.85. The molecule has 0 amide bonds. The molecular formula is C11H15ClN2O3. The monoisotopic (exact) mass is 258 g/mol. The van der Waals surface area contributed by atoms with E-state index in [9.17, 15) is 9.90 Å². The van der Waals surface area contributed by atoms with Gasteiger partial charge in [-0.25, -0.2) is 9.78 Å². The highest BCUT2D eigenvalue weighted by Crippen LogP contribution is 2.25. The van der Waals surface area contributed by atoms with Crippen molar-refractivity contribution in [2.75, 3.05) is 5.73 Å². The van der Waals surface area contributed by atoms with Gasteiger partial charge in [0.25, 0.3) is 0 Å². The molecule has 1 heterocycles. The number of pyridine rings is 1. The average Bonchev–Trinajstić information content (AvgIpc) is 2.14. The Balaban J connectivity index is 0.00000256. The van der Waals surface area contributed by atoms with E-state index in [0.29, 0.717) is 11.1 Å². The summed E-state index contributed by atoms with van der Waals surface area (Å²) in [6, 6.07) is 1.61. The molecule has 0 radical (unpaired) electrons. The zero-order valence-electron chi connectivity index (χ0n) is 9.54. The highest BCUT2D eigenvalue weighted by atomic mass is 35.5. The number of aliphatic hydroxyl groups is 1. The first-order chi connectivity index (χ1) is 7.30. The second-order valence-electron chi connectivity index (χ2n) is 3.93. The number of halogens is 1. The summed E-state index contributed by atoms with van der Waals surface area (Å²) >= 11 is 0. The lowest BCUT2D eigenvalue weighted by molar-refractivity contribution is -0.131. The fourth-order valence-electron chi connectivity index (χ4n) is 1.24. The molecule has 6 heteroatoms. The predicted octanol–water partition coefficient (Wildman–Crippen LogP) is 1.41. The van der Waals surface area contributed by atoms with Crippen LogP contribution in [0.2, 0.25) is 0 Å².